The highest BCUT2D eigenvalue weighted by Crippen LogP contribution is 2.61. The number of fused-ring (bicyclic) bond motifs is 6. The summed E-state index contributed by atoms with van der Waals surface area (Å²) in [6.45, 7) is 1.08. The molecule has 0 amide bonds. The van der Waals surface area contributed by atoms with Crippen LogP contribution in [0.5, 0.6) is 0 Å². The maximum atomic E-state index is 6.84. The molecule has 0 N–H and O–H groups in total. The molecule has 0 aromatic heterocycles. The molecule has 2 heterocycles. The largest absolute Gasteiger partial charge is 0.363 e. The van der Waals surface area contributed by atoms with E-state index in [4.69, 9.17) is 23.2 Å². The minimum absolute atomic E-state index is 0.250. The summed E-state index contributed by atoms with van der Waals surface area (Å²) in [6, 6.07) is 17.8. The summed E-state index contributed by atoms with van der Waals surface area (Å²) in [6.07, 6.45) is 11.9. The van der Waals surface area contributed by atoms with Crippen LogP contribution in [-0.2, 0) is 0 Å². The van der Waals surface area contributed by atoms with Gasteiger partial charge >= 0.3 is 0 Å². The second-order valence-corrected chi connectivity index (χ2v) is 10.3. The third-order valence-corrected chi connectivity index (χ3v) is 8.88. The van der Waals surface area contributed by atoms with Gasteiger partial charge in [0.25, 0.3) is 0 Å². The minimum atomic E-state index is 0.250. The summed E-state index contributed by atoms with van der Waals surface area (Å²) in [5.41, 5.74) is 5.67. The first-order chi connectivity index (χ1) is 15.2. The van der Waals surface area contributed by atoms with Gasteiger partial charge in [0, 0.05) is 24.1 Å². The smallest absolute Gasteiger partial charge is 0.0645 e. The van der Waals surface area contributed by atoms with Crippen LogP contribution in [0, 0.1) is 11.8 Å². The van der Waals surface area contributed by atoms with Gasteiger partial charge in [0.05, 0.1) is 16.1 Å². The number of hydrogen-bond donors (Lipinski definition) is 0. The van der Waals surface area contributed by atoms with Crippen molar-refractivity contribution in [1.82, 2.24) is 0 Å². The van der Waals surface area contributed by atoms with Crippen LogP contribution in [0.1, 0.15) is 47.4 Å². The molecule has 0 saturated heterocycles. The van der Waals surface area contributed by atoms with Gasteiger partial charge in [0.2, 0.25) is 0 Å². The highest BCUT2D eigenvalue weighted by atomic mass is 35.5. The molecule has 2 aliphatic carbocycles. The highest BCUT2D eigenvalue weighted by molar-refractivity contribution is 6.42. The normalized spacial score (nSPS) is 29.9. The van der Waals surface area contributed by atoms with E-state index in [1.807, 2.05) is 6.07 Å². The van der Waals surface area contributed by atoms with Crippen molar-refractivity contribution in [3.05, 3.63) is 99.6 Å². The first kappa shape index (κ1) is 18.4. The van der Waals surface area contributed by atoms with Crippen LogP contribution in [0.4, 0.5) is 5.69 Å². The summed E-state index contributed by atoms with van der Waals surface area (Å²) in [7, 11) is 0. The second-order valence-electron chi connectivity index (χ2n) is 9.49. The molecular weight excluding hydrogens is 421 g/mol. The van der Waals surface area contributed by atoms with E-state index in [9.17, 15) is 0 Å². The van der Waals surface area contributed by atoms with E-state index >= 15 is 0 Å². The Balaban J connectivity index is 1.56. The third-order valence-electron chi connectivity index (χ3n) is 8.05. The second kappa shape index (κ2) is 6.64. The van der Waals surface area contributed by atoms with E-state index in [1.54, 1.807) is 0 Å². The predicted octanol–water partition coefficient (Wildman–Crippen LogP) is 8.04. The molecule has 154 valence electrons. The maximum absolute atomic E-state index is 6.84. The average molecular weight is 444 g/mol. The summed E-state index contributed by atoms with van der Waals surface area (Å²) in [5.74, 6) is 2.05. The SMILES string of the molecule is Clc1cccc([C@@H]2[C@@H]3CC=C[C@@H]3c3c4c(cc5ccccc35)[C@H]3C=CC[C@H]3CN42)c1Cl. The summed E-state index contributed by atoms with van der Waals surface area (Å²) < 4.78 is 0. The molecular formula is C28H23Cl2N. The Hall–Kier alpha value is -2.22. The van der Waals surface area contributed by atoms with Crippen LogP contribution in [-0.4, -0.2) is 6.54 Å². The number of hydrogen-bond acceptors (Lipinski definition) is 1. The lowest BCUT2D eigenvalue weighted by Crippen LogP contribution is -2.46. The molecule has 1 nitrogen and oxygen atoms in total. The molecule has 7 rings (SSSR count). The van der Waals surface area contributed by atoms with Gasteiger partial charge in [-0.3, -0.25) is 0 Å². The zero-order chi connectivity index (χ0) is 20.7. The molecule has 0 radical (unpaired) electrons. The van der Waals surface area contributed by atoms with Gasteiger partial charge in [-0.2, -0.15) is 0 Å². The van der Waals surface area contributed by atoms with Crippen molar-refractivity contribution in [2.24, 2.45) is 11.8 Å². The molecule has 2 aliphatic heterocycles. The first-order valence-corrected chi connectivity index (χ1v) is 12.1. The molecule has 0 spiro atoms. The Bertz CT molecular complexity index is 1290. The predicted molar refractivity (Wildman–Crippen MR) is 130 cm³/mol. The van der Waals surface area contributed by atoms with E-state index in [0.717, 1.165) is 24.4 Å². The van der Waals surface area contributed by atoms with E-state index in [1.165, 1.54) is 33.2 Å². The van der Waals surface area contributed by atoms with Crippen LogP contribution in [0.2, 0.25) is 10.0 Å². The fourth-order valence-electron chi connectivity index (χ4n) is 6.83. The van der Waals surface area contributed by atoms with Gasteiger partial charge in [-0.1, -0.05) is 83.9 Å². The minimum Gasteiger partial charge on any atom is -0.363 e. The van der Waals surface area contributed by atoms with Gasteiger partial charge in [-0.25, -0.2) is 0 Å². The number of benzene rings is 3. The quantitative estimate of drug-likeness (QED) is 0.343. The summed E-state index contributed by atoms with van der Waals surface area (Å²) in [5, 5.41) is 4.15. The van der Waals surface area contributed by atoms with Crippen LogP contribution in [0.15, 0.2) is 72.8 Å². The molecule has 0 saturated carbocycles. The van der Waals surface area contributed by atoms with Crippen molar-refractivity contribution in [2.45, 2.75) is 30.7 Å². The van der Waals surface area contributed by atoms with E-state index in [0.29, 0.717) is 28.7 Å². The number of halogens is 2. The third kappa shape index (κ3) is 2.45. The fourth-order valence-corrected chi connectivity index (χ4v) is 7.25. The number of nitrogens with zero attached hydrogens (tertiary/aromatic N) is 1. The zero-order valence-electron chi connectivity index (χ0n) is 17.1. The molecule has 4 aliphatic rings. The summed E-state index contributed by atoms with van der Waals surface area (Å²) in [4.78, 5) is 2.71. The molecule has 0 unspecified atom stereocenters. The van der Waals surface area contributed by atoms with Gasteiger partial charge < -0.3 is 4.90 Å². The van der Waals surface area contributed by atoms with E-state index in [2.05, 4.69) is 71.7 Å². The number of allylic oxidation sites excluding steroid dienone is 4. The van der Waals surface area contributed by atoms with Gasteiger partial charge in [0.1, 0.15) is 0 Å². The van der Waals surface area contributed by atoms with Crippen LogP contribution in [0.25, 0.3) is 10.8 Å². The van der Waals surface area contributed by atoms with Crippen molar-refractivity contribution in [3.8, 4) is 0 Å². The van der Waals surface area contributed by atoms with E-state index < -0.39 is 0 Å². The fraction of sp³-hybridized carbons (Fsp3) is 0.286. The van der Waals surface area contributed by atoms with Crippen molar-refractivity contribution in [2.75, 3.05) is 11.4 Å². The Labute approximate surface area is 193 Å². The molecule has 3 heteroatoms. The maximum Gasteiger partial charge on any atom is 0.0645 e. The first-order valence-electron chi connectivity index (χ1n) is 11.3. The van der Waals surface area contributed by atoms with Crippen LogP contribution < -0.4 is 4.90 Å². The zero-order valence-corrected chi connectivity index (χ0v) is 18.7. The van der Waals surface area contributed by atoms with Crippen molar-refractivity contribution >= 4 is 39.7 Å². The lowest BCUT2D eigenvalue weighted by Gasteiger charge is -2.52. The number of rotatable bonds is 1. The molecule has 0 bridgehead atoms. The van der Waals surface area contributed by atoms with Gasteiger partial charge in [0.15, 0.2) is 0 Å². The Morgan fingerprint density at radius 1 is 0.839 bits per heavy atom. The monoisotopic (exact) mass is 443 g/mol. The standard InChI is InChI=1S/C28H23Cl2N/c29-24-13-5-12-22(26(24)30)27-21-11-4-10-20(21)25-19-8-2-1-6-16(19)14-23-18-9-3-7-17(18)15-31(27)28(23)25/h1-6,8-10,12-14,17-18,20-21,27H,7,11,15H2/t17-,18-,20-,21+,27-/m0/s1. The topological polar surface area (TPSA) is 3.24 Å². The Kier molecular flexibility index (Phi) is 3.93. The molecule has 31 heavy (non-hydrogen) atoms. The van der Waals surface area contributed by atoms with Gasteiger partial charge in [-0.05, 0) is 64.3 Å². The van der Waals surface area contributed by atoms with Crippen molar-refractivity contribution in [1.29, 1.82) is 0 Å². The molecule has 5 atom stereocenters. The van der Waals surface area contributed by atoms with Crippen molar-refractivity contribution < 1.29 is 0 Å². The van der Waals surface area contributed by atoms with Gasteiger partial charge in [-0.15, -0.1) is 0 Å². The number of anilines is 1. The Morgan fingerprint density at radius 2 is 1.68 bits per heavy atom. The van der Waals surface area contributed by atoms with E-state index in [-0.39, 0.29) is 6.04 Å². The van der Waals surface area contributed by atoms with Crippen LogP contribution >= 0.6 is 23.2 Å². The lowest BCUT2D eigenvalue weighted by atomic mass is 9.69. The van der Waals surface area contributed by atoms with Crippen molar-refractivity contribution in [3.63, 3.8) is 0 Å². The highest BCUT2D eigenvalue weighted by Gasteiger charge is 2.48. The average Bonchev–Trinajstić information content (AvgIpc) is 3.45. The summed E-state index contributed by atoms with van der Waals surface area (Å²) >= 11 is 13.3. The molecule has 0 fully saturated rings. The lowest BCUT2D eigenvalue weighted by molar-refractivity contribution is 0.336. The molecule has 3 aromatic rings. The Morgan fingerprint density at radius 3 is 2.61 bits per heavy atom. The molecule has 3 aromatic carbocycles. The van der Waals surface area contributed by atoms with Crippen LogP contribution in [0.3, 0.4) is 0 Å².